The van der Waals surface area contributed by atoms with Crippen LogP contribution >= 0.6 is 23.6 Å². The summed E-state index contributed by atoms with van der Waals surface area (Å²) in [6.45, 7) is 8.58. The van der Waals surface area contributed by atoms with Crippen molar-refractivity contribution in [3.05, 3.63) is 38.8 Å². The predicted octanol–water partition coefficient (Wildman–Crippen LogP) is 1.55. The number of hydrogen-bond acceptors (Lipinski definition) is 5. The Morgan fingerprint density at radius 3 is 2.48 bits per heavy atom. The highest BCUT2D eigenvalue weighted by Gasteiger charge is 2.21. The maximum atomic E-state index is 11.3. The van der Waals surface area contributed by atoms with Gasteiger partial charge in [0.2, 0.25) is 0 Å². The van der Waals surface area contributed by atoms with E-state index in [1.54, 1.807) is 18.3 Å². The molecule has 1 aromatic heterocycles. The Morgan fingerprint density at radius 1 is 1.30 bits per heavy atom. The van der Waals surface area contributed by atoms with E-state index in [9.17, 15) is 4.79 Å². The summed E-state index contributed by atoms with van der Waals surface area (Å²) in [6.07, 6.45) is 0. The van der Waals surface area contributed by atoms with E-state index in [0.717, 1.165) is 47.4 Å². The second kappa shape index (κ2) is 6.90. The number of carbonyl (C=O) groups excluding carboxylic acids is 1. The third-order valence-electron chi connectivity index (χ3n) is 4.19. The molecule has 0 bridgehead atoms. The van der Waals surface area contributed by atoms with E-state index in [1.165, 1.54) is 10.6 Å². The lowest BCUT2D eigenvalue weighted by Gasteiger charge is -2.33. The van der Waals surface area contributed by atoms with Gasteiger partial charge in [0.1, 0.15) is 5.01 Å². The highest BCUT2D eigenvalue weighted by molar-refractivity contribution is 7.73. The standard InChI is InChI=1S/C16H20N4OS2/c1-12(21)14-3-5-15(6-4-14)19-9-7-18(8-10-19)11-20-16(22)23-13(2)17-20/h3-6H,7-11H2,1-2H3/p+1. The Bertz CT molecular complexity index is 742. The summed E-state index contributed by atoms with van der Waals surface area (Å²) in [7, 11) is 0. The number of aryl methyl sites for hydroxylation is 1. The van der Waals surface area contributed by atoms with Crippen molar-refractivity contribution in [3.8, 4) is 0 Å². The van der Waals surface area contributed by atoms with Crippen molar-refractivity contribution in [3.63, 3.8) is 0 Å². The second-order valence-corrected chi connectivity index (χ2v) is 7.71. The maximum absolute atomic E-state index is 11.3. The van der Waals surface area contributed by atoms with Crippen molar-refractivity contribution in [1.29, 1.82) is 0 Å². The van der Waals surface area contributed by atoms with Crippen LogP contribution in [0, 0.1) is 10.9 Å². The van der Waals surface area contributed by atoms with Crippen LogP contribution in [0.1, 0.15) is 22.3 Å². The molecule has 3 rings (SSSR count). The molecule has 1 saturated heterocycles. The number of benzene rings is 1. The second-order valence-electron chi connectivity index (χ2n) is 5.88. The van der Waals surface area contributed by atoms with E-state index in [1.807, 2.05) is 35.9 Å². The summed E-state index contributed by atoms with van der Waals surface area (Å²) in [5, 5.41) is 5.50. The summed E-state index contributed by atoms with van der Waals surface area (Å²) in [5.41, 5.74) is 1.96. The summed E-state index contributed by atoms with van der Waals surface area (Å²) in [4.78, 5) is 15.2. The van der Waals surface area contributed by atoms with Gasteiger partial charge in [-0.3, -0.25) is 4.79 Å². The smallest absolute Gasteiger partial charge is 0.184 e. The van der Waals surface area contributed by atoms with Crippen molar-refractivity contribution in [2.75, 3.05) is 31.1 Å². The molecule has 5 nitrogen and oxygen atoms in total. The molecule has 1 fully saturated rings. The monoisotopic (exact) mass is 349 g/mol. The number of anilines is 1. The molecule has 23 heavy (non-hydrogen) atoms. The van der Waals surface area contributed by atoms with E-state index < -0.39 is 0 Å². The summed E-state index contributed by atoms with van der Waals surface area (Å²) in [5.74, 6) is 0.112. The van der Waals surface area contributed by atoms with Crippen LogP contribution in [0.15, 0.2) is 24.3 Å². The minimum atomic E-state index is 0.112. The van der Waals surface area contributed by atoms with Crippen LogP contribution in [-0.4, -0.2) is 41.7 Å². The van der Waals surface area contributed by atoms with Crippen LogP contribution in [0.4, 0.5) is 5.69 Å². The van der Waals surface area contributed by atoms with Crippen molar-refractivity contribution in [2.24, 2.45) is 0 Å². The third-order valence-corrected chi connectivity index (χ3v) is 5.41. The molecular formula is C16H21N4OS2+. The van der Waals surface area contributed by atoms with Gasteiger partial charge in [0.25, 0.3) is 0 Å². The Morgan fingerprint density at radius 2 is 1.96 bits per heavy atom. The number of Topliss-reactive ketones (excluding diaryl/α,β-unsaturated/α-hetero) is 1. The Kier molecular flexibility index (Phi) is 4.89. The molecule has 0 saturated carbocycles. The van der Waals surface area contributed by atoms with Crippen molar-refractivity contribution < 1.29 is 9.69 Å². The highest BCUT2D eigenvalue weighted by Crippen LogP contribution is 2.15. The fourth-order valence-corrected chi connectivity index (χ4v) is 3.94. The molecule has 0 radical (unpaired) electrons. The van der Waals surface area contributed by atoms with E-state index in [-0.39, 0.29) is 5.78 Å². The zero-order valence-electron chi connectivity index (χ0n) is 13.4. The lowest BCUT2D eigenvalue weighted by Crippen LogP contribution is -3.14. The first-order valence-corrected chi connectivity index (χ1v) is 8.99. The third kappa shape index (κ3) is 3.85. The molecule has 7 heteroatoms. The number of nitrogens with one attached hydrogen (secondary N) is 1. The van der Waals surface area contributed by atoms with Crippen LogP contribution < -0.4 is 9.80 Å². The molecule has 0 unspecified atom stereocenters. The van der Waals surface area contributed by atoms with E-state index in [0.29, 0.717) is 0 Å². The first kappa shape index (κ1) is 16.3. The Labute approximate surface area is 145 Å². The minimum absolute atomic E-state index is 0.112. The van der Waals surface area contributed by atoms with Crippen molar-refractivity contribution in [1.82, 2.24) is 9.78 Å². The van der Waals surface area contributed by atoms with Gasteiger partial charge in [0.05, 0.1) is 26.2 Å². The number of carbonyl (C=O) groups is 1. The topological polar surface area (TPSA) is 42.6 Å². The van der Waals surface area contributed by atoms with Gasteiger partial charge in [-0.15, -0.1) is 0 Å². The fourth-order valence-electron chi connectivity index (χ4n) is 2.87. The van der Waals surface area contributed by atoms with Gasteiger partial charge >= 0.3 is 0 Å². The van der Waals surface area contributed by atoms with Gasteiger partial charge in [0.15, 0.2) is 16.4 Å². The Balaban J connectivity index is 1.58. The van der Waals surface area contributed by atoms with Gasteiger partial charge in [0, 0.05) is 11.3 Å². The van der Waals surface area contributed by atoms with Crippen molar-refractivity contribution in [2.45, 2.75) is 20.5 Å². The van der Waals surface area contributed by atoms with Gasteiger partial charge in [-0.2, -0.15) is 9.78 Å². The van der Waals surface area contributed by atoms with E-state index in [4.69, 9.17) is 12.2 Å². The van der Waals surface area contributed by atoms with Gasteiger partial charge in [-0.25, -0.2) is 0 Å². The quantitative estimate of drug-likeness (QED) is 0.672. The highest BCUT2D eigenvalue weighted by atomic mass is 32.1. The SMILES string of the molecule is CC(=O)c1ccc(N2CC[NH+](Cn3nc(C)sc3=S)CC2)cc1. The van der Waals surface area contributed by atoms with Crippen LogP contribution in [0.3, 0.4) is 0 Å². The number of ketones is 1. The summed E-state index contributed by atoms with van der Waals surface area (Å²) in [6, 6.07) is 7.91. The molecule has 1 aliphatic rings. The Hall–Kier alpha value is -1.57. The normalized spacial score (nSPS) is 15.8. The van der Waals surface area contributed by atoms with Crippen LogP contribution in [0.25, 0.3) is 0 Å². The number of aromatic nitrogens is 2. The average Bonchev–Trinajstić information content (AvgIpc) is 2.86. The molecule has 1 N–H and O–H groups in total. The molecule has 1 aromatic carbocycles. The molecule has 0 aliphatic carbocycles. The number of quaternary nitrogens is 1. The summed E-state index contributed by atoms with van der Waals surface area (Å²) < 4.78 is 2.80. The predicted molar refractivity (Wildman–Crippen MR) is 95.0 cm³/mol. The molecule has 0 amide bonds. The van der Waals surface area contributed by atoms with Gasteiger partial charge < -0.3 is 9.80 Å². The molecule has 2 heterocycles. The molecule has 2 aromatic rings. The molecule has 0 spiro atoms. The molecule has 0 atom stereocenters. The molecule has 1 aliphatic heterocycles. The van der Waals surface area contributed by atoms with Crippen molar-refractivity contribution >= 4 is 35.0 Å². The zero-order chi connectivity index (χ0) is 16.4. The first-order chi connectivity index (χ1) is 11.0. The molecular weight excluding hydrogens is 328 g/mol. The zero-order valence-corrected chi connectivity index (χ0v) is 15.0. The van der Waals surface area contributed by atoms with E-state index >= 15 is 0 Å². The fraction of sp³-hybridized carbons (Fsp3) is 0.438. The number of piperazine rings is 1. The maximum Gasteiger partial charge on any atom is 0.184 e. The minimum Gasteiger partial charge on any atom is -0.360 e. The van der Waals surface area contributed by atoms with Crippen LogP contribution in [0.2, 0.25) is 0 Å². The van der Waals surface area contributed by atoms with E-state index in [2.05, 4.69) is 10.00 Å². The number of nitrogens with zero attached hydrogens (tertiary/aromatic N) is 3. The lowest BCUT2D eigenvalue weighted by molar-refractivity contribution is -0.924. The largest absolute Gasteiger partial charge is 0.360 e. The summed E-state index contributed by atoms with van der Waals surface area (Å²) >= 11 is 6.92. The first-order valence-electron chi connectivity index (χ1n) is 7.77. The number of rotatable bonds is 4. The van der Waals surface area contributed by atoms with Gasteiger partial charge in [-0.05, 0) is 50.3 Å². The molecule has 122 valence electrons. The lowest BCUT2D eigenvalue weighted by atomic mass is 10.1. The van der Waals surface area contributed by atoms with Gasteiger partial charge in [-0.1, -0.05) is 11.3 Å². The average molecular weight is 350 g/mol. The van der Waals surface area contributed by atoms with Crippen LogP contribution in [0.5, 0.6) is 0 Å². The van der Waals surface area contributed by atoms with Crippen LogP contribution in [-0.2, 0) is 6.67 Å². The number of hydrogen-bond donors (Lipinski definition) is 1.